The molecule has 19 heavy (non-hydrogen) atoms. The lowest BCUT2D eigenvalue weighted by molar-refractivity contribution is 0.0695. The van der Waals surface area contributed by atoms with Crippen LogP contribution in [0.4, 0.5) is 10.2 Å². The molecule has 0 saturated heterocycles. The molecule has 0 aliphatic heterocycles. The van der Waals surface area contributed by atoms with Gasteiger partial charge in [-0.15, -0.1) is 0 Å². The summed E-state index contributed by atoms with van der Waals surface area (Å²) in [4.78, 5) is 18.3. The van der Waals surface area contributed by atoms with Gasteiger partial charge in [-0.05, 0) is 19.9 Å². The Balaban J connectivity index is 2.13. The highest BCUT2D eigenvalue weighted by Crippen LogP contribution is 2.17. The molecule has 2 rings (SSSR count). The van der Waals surface area contributed by atoms with Crippen LogP contribution in [-0.2, 0) is 6.54 Å². The molecule has 0 radical (unpaired) electrons. The van der Waals surface area contributed by atoms with E-state index in [1.807, 2.05) is 0 Å². The Morgan fingerprint density at radius 2 is 2.21 bits per heavy atom. The van der Waals surface area contributed by atoms with Crippen LogP contribution >= 0.6 is 0 Å². The van der Waals surface area contributed by atoms with Gasteiger partial charge in [0.2, 0.25) is 0 Å². The monoisotopic (exact) mass is 265 g/mol. The van der Waals surface area contributed by atoms with E-state index < -0.39 is 11.8 Å². The molecule has 0 bridgehead atoms. The fourth-order valence-electron chi connectivity index (χ4n) is 1.60. The van der Waals surface area contributed by atoms with Gasteiger partial charge in [-0.2, -0.15) is 0 Å². The van der Waals surface area contributed by atoms with Crippen molar-refractivity contribution in [2.75, 3.05) is 5.32 Å². The number of carboxylic acid groups (broad SMARTS) is 1. The van der Waals surface area contributed by atoms with Crippen molar-refractivity contribution in [1.82, 2.24) is 9.97 Å². The van der Waals surface area contributed by atoms with E-state index in [-0.39, 0.29) is 23.6 Å². The van der Waals surface area contributed by atoms with Crippen molar-refractivity contribution in [3.05, 3.63) is 41.0 Å². The standard InChI is InChI=1S/C12H12FN3O3/c1-6-10(13)11(16-5-15-6)14-4-8-3-9(12(17)18)7(2)19-8/h3,5H,4H2,1-2H3,(H,17,18)(H,14,15,16). The highest BCUT2D eigenvalue weighted by atomic mass is 19.1. The molecule has 0 saturated carbocycles. The zero-order valence-electron chi connectivity index (χ0n) is 10.4. The molecule has 2 heterocycles. The molecule has 0 unspecified atom stereocenters. The van der Waals surface area contributed by atoms with E-state index in [0.717, 1.165) is 0 Å². The Labute approximate surface area is 108 Å². The van der Waals surface area contributed by atoms with Crippen molar-refractivity contribution in [2.24, 2.45) is 0 Å². The van der Waals surface area contributed by atoms with E-state index in [1.54, 1.807) is 6.92 Å². The van der Waals surface area contributed by atoms with Crippen LogP contribution in [-0.4, -0.2) is 21.0 Å². The van der Waals surface area contributed by atoms with Crippen molar-refractivity contribution in [3.63, 3.8) is 0 Å². The number of rotatable bonds is 4. The Morgan fingerprint density at radius 3 is 2.84 bits per heavy atom. The van der Waals surface area contributed by atoms with Crippen LogP contribution in [0.25, 0.3) is 0 Å². The summed E-state index contributed by atoms with van der Waals surface area (Å²) in [6.07, 6.45) is 1.25. The SMILES string of the molecule is Cc1ncnc(NCc2cc(C(=O)O)c(C)o2)c1F. The predicted molar refractivity (Wildman–Crippen MR) is 64.5 cm³/mol. The Morgan fingerprint density at radius 1 is 1.47 bits per heavy atom. The third-order valence-corrected chi connectivity index (χ3v) is 2.59. The lowest BCUT2D eigenvalue weighted by atomic mass is 10.2. The second kappa shape index (κ2) is 5.05. The fourth-order valence-corrected chi connectivity index (χ4v) is 1.60. The number of aromatic carboxylic acids is 1. The number of carbonyl (C=O) groups is 1. The molecule has 0 amide bonds. The first-order chi connectivity index (χ1) is 8.99. The highest BCUT2D eigenvalue weighted by Gasteiger charge is 2.14. The summed E-state index contributed by atoms with van der Waals surface area (Å²) in [6, 6.07) is 1.40. The van der Waals surface area contributed by atoms with E-state index >= 15 is 0 Å². The smallest absolute Gasteiger partial charge is 0.339 e. The molecule has 0 atom stereocenters. The number of carboxylic acids is 1. The fraction of sp³-hybridized carbons (Fsp3) is 0.250. The molecule has 2 N–H and O–H groups in total. The molecule has 0 aliphatic carbocycles. The topological polar surface area (TPSA) is 88.2 Å². The van der Waals surface area contributed by atoms with Gasteiger partial charge in [0.25, 0.3) is 0 Å². The van der Waals surface area contributed by atoms with Crippen molar-refractivity contribution in [3.8, 4) is 0 Å². The molecule has 0 fully saturated rings. The molecule has 100 valence electrons. The van der Waals surface area contributed by atoms with Crippen LogP contribution < -0.4 is 5.32 Å². The molecular formula is C12H12FN3O3. The molecule has 7 heteroatoms. The number of nitrogens with zero attached hydrogens (tertiary/aromatic N) is 2. The van der Waals surface area contributed by atoms with Crippen LogP contribution in [0.2, 0.25) is 0 Å². The molecular weight excluding hydrogens is 253 g/mol. The molecule has 0 aliphatic rings. The minimum Gasteiger partial charge on any atom is -0.478 e. The van der Waals surface area contributed by atoms with Gasteiger partial charge in [-0.1, -0.05) is 0 Å². The van der Waals surface area contributed by atoms with Crippen LogP contribution in [0, 0.1) is 19.7 Å². The number of furan rings is 1. The lowest BCUT2D eigenvalue weighted by Crippen LogP contribution is -2.05. The summed E-state index contributed by atoms with van der Waals surface area (Å²) in [6.45, 7) is 3.23. The average Bonchev–Trinajstić information content (AvgIpc) is 2.73. The average molecular weight is 265 g/mol. The first-order valence-electron chi connectivity index (χ1n) is 5.52. The highest BCUT2D eigenvalue weighted by molar-refractivity contribution is 5.88. The van der Waals surface area contributed by atoms with Gasteiger partial charge < -0.3 is 14.8 Å². The minimum absolute atomic E-state index is 0.0541. The zero-order chi connectivity index (χ0) is 14.0. The summed E-state index contributed by atoms with van der Waals surface area (Å²) < 4.78 is 18.9. The number of aromatic nitrogens is 2. The maximum Gasteiger partial charge on any atom is 0.339 e. The minimum atomic E-state index is -1.06. The Hall–Kier alpha value is -2.44. The quantitative estimate of drug-likeness (QED) is 0.880. The van der Waals surface area contributed by atoms with Gasteiger partial charge in [-0.3, -0.25) is 0 Å². The Kier molecular flexibility index (Phi) is 3.46. The van der Waals surface area contributed by atoms with Crippen LogP contribution in [0.15, 0.2) is 16.8 Å². The van der Waals surface area contributed by atoms with Gasteiger partial charge >= 0.3 is 5.97 Å². The maximum absolute atomic E-state index is 13.6. The second-order valence-electron chi connectivity index (χ2n) is 3.96. The summed E-state index contributed by atoms with van der Waals surface area (Å²) >= 11 is 0. The first-order valence-corrected chi connectivity index (χ1v) is 5.52. The molecule has 0 spiro atoms. The van der Waals surface area contributed by atoms with Crippen LogP contribution in [0.1, 0.15) is 27.6 Å². The van der Waals surface area contributed by atoms with Crippen molar-refractivity contribution >= 4 is 11.8 Å². The number of hydrogen-bond acceptors (Lipinski definition) is 5. The van der Waals surface area contributed by atoms with Gasteiger partial charge in [0.1, 0.15) is 23.4 Å². The van der Waals surface area contributed by atoms with Crippen molar-refractivity contribution < 1.29 is 18.7 Å². The first kappa shape index (κ1) is 13.0. The molecule has 2 aromatic heterocycles. The number of nitrogens with one attached hydrogen (secondary N) is 1. The molecule has 6 nitrogen and oxygen atoms in total. The third kappa shape index (κ3) is 2.70. The molecule has 2 aromatic rings. The molecule has 0 aromatic carbocycles. The van der Waals surface area contributed by atoms with Gasteiger partial charge in [0.15, 0.2) is 11.6 Å². The normalized spacial score (nSPS) is 10.5. The van der Waals surface area contributed by atoms with Crippen molar-refractivity contribution in [1.29, 1.82) is 0 Å². The second-order valence-corrected chi connectivity index (χ2v) is 3.96. The summed E-state index contributed by atoms with van der Waals surface area (Å²) in [5, 5.41) is 11.6. The summed E-state index contributed by atoms with van der Waals surface area (Å²) in [5.74, 6) is -0.839. The van der Waals surface area contributed by atoms with E-state index in [4.69, 9.17) is 9.52 Å². The van der Waals surface area contributed by atoms with Gasteiger partial charge in [0, 0.05) is 0 Å². The van der Waals surface area contributed by atoms with E-state index in [0.29, 0.717) is 11.5 Å². The van der Waals surface area contributed by atoms with Crippen LogP contribution in [0.5, 0.6) is 0 Å². The number of anilines is 1. The van der Waals surface area contributed by atoms with Crippen molar-refractivity contribution in [2.45, 2.75) is 20.4 Å². The maximum atomic E-state index is 13.6. The number of aryl methyl sites for hydroxylation is 2. The number of hydrogen-bond donors (Lipinski definition) is 2. The van der Waals surface area contributed by atoms with E-state index in [1.165, 1.54) is 19.3 Å². The van der Waals surface area contributed by atoms with E-state index in [9.17, 15) is 9.18 Å². The largest absolute Gasteiger partial charge is 0.478 e. The zero-order valence-corrected chi connectivity index (χ0v) is 10.4. The summed E-state index contributed by atoms with van der Waals surface area (Å²) in [7, 11) is 0. The van der Waals surface area contributed by atoms with Crippen LogP contribution in [0.3, 0.4) is 0 Å². The summed E-state index contributed by atoms with van der Waals surface area (Å²) in [5.41, 5.74) is 0.329. The Bertz CT molecular complexity index is 625. The van der Waals surface area contributed by atoms with Gasteiger partial charge in [0.05, 0.1) is 12.2 Å². The van der Waals surface area contributed by atoms with E-state index in [2.05, 4.69) is 15.3 Å². The van der Waals surface area contributed by atoms with Gasteiger partial charge in [-0.25, -0.2) is 19.2 Å². The number of halogens is 1. The predicted octanol–water partition coefficient (Wildman–Crippen LogP) is 2.14. The lowest BCUT2D eigenvalue weighted by Gasteiger charge is -2.05. The third-order valence-electron chi connectivity index (χ3n) is 2.59.